The van der Waals surface area contributed by atoms with Crippen LogP contribution in [0.25, 0.3) is 5.69 Å². The van der Waals surface area contributed by atoms with E-state index in [0.29, 0.717) is 5.69 Å². The summed E-state index contributed by atoms with van der Waals surface area (Å²) in [5.41, 5.74) is 2.71. The number of halogens is 1. The van der Waals surface area contributed by atoms with E-state index in [-0.39, 0.29) is 11.9 Å². The number of benzene rings is 2. The highest BCUT2D eigenvalue weighted by atomic mass is 19.1. The number of tetrazole rings is 1. The molecule has 1 aliphatic heterocycles. The molecular formula is C19H21FN6. The van der Waals surface area contributed by atoms with E-state index in [1.165, 1.54) is 11.6 Å². The van der Waals surface area contributed by atoms with Crippen molar-refractivity contribution in [1.82, 2.24) is 20.2 Å². The molecule has 1 aliphatic rings. The molecule has 2 heterocycles. The number of aromatic nitrogens is 4. The number of rotatable bonds is 4. The molecular weight excluding hydrogens is 331 g/mol. The molecule has 0 radical (unpaired) electrons. The monoisotopic (exact) mass is 352 g/mol. The third-order valence-corrected chi connectivity index (χ3v) is 4.74. The maximum atomic E-state index is 13.8. The number of nitrogens with one attached hydrogen (secondary N) is 1. The van der Waals surface area contributed by atoms with Gasteiger partial charge in [-0.3, -0.25) is 0 Å². The SMILES string of the molecule is Cc1ccc(-n2nnnc2N2CCC(Nc3ccccc3F)CC2)cc1. The van der Waals surface area contributed by atoms with Crippen LogP contribution in [0, 0.1) is 12.7 Å². The molecule has 26 heavy (non-hydrogen) atoms. The highest BCUT2D eigenvalue weighted by Crippen LogP contribution is 2.23. The summed E-state index contributed by atoms with van der Waals surface area (Å²) >= 11 is 0. The van der Waals surface area contributed by atoms with Crippen LogP contribution in [0.15, 0.2) is 48.5 Å². The van der Waals surface area contributed by atoms with Gasteiger partial charge < -0.3 is 10.2 Å². The van der Waals surface area contributed by atoms with Crippen molar-refractivity contribution in [1.29, 1.82) is 0 Å². The van der Waals surface area contributed by atoms with E-state index in [1.54, 1.807) is 16.8 Å². The van der Waals surface area contributed by atoms with Crippen LogP contribution < -0.4 is 10.2 Å². The maximum absolute atomic E-state index is 13.8. The fourth-order valence-electron chi connectivity index (χ4n) is 3.25. The summed E-state index contributed by atoms with van der Waals surface area (Å²) in [5.74, 6) is 0.538. The molecule has 0 atom stereocenters. The minimum atomic E-state index is -0.210. The van der Waals surface area contributed by atoms with Crippen molar-refractivity contribution in [3.63, 3.8) is 0 Å². The second-order valence-electron chi connectivity index (χ2n) is 6.61. The van der Waals surface area contributed by atoms with Gasteiger partial charge in [-0.2, -0.15) is 4.68 Å². The van der Waals surface area contributed by atoms with Gasteiger partial charge >= 0.3 is 0 Å². The summed E-state index contributed by atoms with van der Waals surface area (Å²) < 4.78 is 15.6. The lowest BCUT2D eigenvalue weighted by molar-refractivity contribution is 0.513. The normalized spacial score (nSPS) is 15.2. The first-order valence-electron chi connectivity index (χ1n) is 8.82. The fourth-order valence-corrected chi connectivity index (χ4v) is 3.25. The third-order valence-electron chi connectivity index (χ3n) is 4.74. The van der Waals surface area contributed by atoms with E-state index in [0.717, 1.165) is 37.6 Å². The van der Waals surface area contributed by atoms with Crippen LogP contribution >= 0.6 is 0 Å². The zero-order valence-electron chi connectivity index (χ0n) is 14.6. The first-order chi connectivity index (χ1) is 12.7. The Morgan fingerprint density at radius 1 is 1.04 bits per heavy atom. The molecule has 3 aromatic rings. The minimum Gasteiger partial charge on any atom is -0.380 e. The van der Waals surface area contributed by atoms with Crippen LogP contribution in [0.1, 0.15) is 18.4 Å². The van der Waals surface area contributed by atoms with Gasteiger partial charge in [-0.05, 0) is 54.5 Å². The number of nitrogens with zero attached hydrogens (tertiary/aromatic N) is 5. The first-order valence-corrected chi connectivity index (χ1v) is 8.82. The van der Waals surface area contributed by atoms with Crippen LogP contribution in [0.5, 0.6) is 0 Å². The van der Waals surface area contributed by atoms with Crippen molar-refractivity contribution in [2.45, 2.75) is 25.8 Å². The number of piperidine rings is 1. The molecule has 6 nitrogen and oxygen atoms in total. The van der Waals surface area contributed by atoms with Gasteiger partial charge in [0.1, 0.15) is 5.82 Å². The average molecular weight is 352 g/mol. The molecule has 1 aromatic heterocycles. The lowest BCUT2D eigenvalue weighted by atomic mass is 10.0. The number of aryl methyl sites for hydroxylation is 1. The first kappa shape index (κ1) is 16.5. The van der Waals surface area contributed by atoms with Crippen molar-refractivity contribution in [2.24, 2.45) is 0 Å². The zero-order valence-corrected chi connectivity index (χ0v) is 14.6. The largest absolute Gasteiger partial charge is 0.380 e. The lowest BCUT2D eigenvalue weighted by Gasteiger charge is -2.33. The quantitative estimate of drug-likeness (QED) is 0.781. The molecule has 2 aromatic carbocycles. The Kier molecular flexibility index (Phi) is 4.51. The number of hydrogen-bond donors (Lipinski definition) is 1. The third kappa shape index (κ3) is 3.37. The van der Waals surface area contributed by atoms with E-state index in [2.05, 4.69) is 32.7 Å². The highest BCUT2D eigenvalue weighted by molar-refractivity contribution is 5.46. The smallest absolute Gasteiger partial charge is 0.250 e. The number of para-hydroxylation sites is 1. The van der Waals surface area contributed by atoms with Gasteiger partial charge in [-0.15, -0.1) is 0 Å². The molecule has 0 aliphatic carbocycles. The Bertz CT molecular complexity index is 868. The Morgan fingerprint density at radius 3 is 2.50 bits per heavy atom. The maximum Gasteiger partial charge on any atom is 0.250 e. The number of hydrogen-bond acceptors (Lipinski definition) is 5. The van der Waals surface area contributed by atoms with Gasteiger partial charge in [-0.25, -0.2) is 4.39 Å². The molecule has 0 bridgehead atoms. The average Bonchev–Trinajstić information content (AvgIpc) is 3.15. The standard InChI is InChI=1S/C19H21FN6/c1-14-6-8-16(9-7-14)26-19(22-23-24-26)25-12-10-15(11-13-25)21-18-5-3-2-4-17(18)20/h2-9,15,21H,10-13H2,1H3. The molecule has 0 amide bonds. The predicted molar refractivity (Wildman–Crippen MR) is 99.1 cm³/mol. The van der Waals surface area contributed by atoms with Crippen LogP contribution in [0.4, 0.5) is 16.0 Å². The fraction of sp³-hybridized carbons (Fsp3) is 0.316. The summed E-state index contributed by atoms with van der Waals surface area (Å²) in [6, 6.07) is 15.2. The molecule has 0 spiro atoms. The van der Waals surface area contributed by atoms with Gasteiger partial charge in [0.2, 0.25) is 5.95 Å². The van der Waals surface area contributed by atoms with Gasteiger partial charge in [0.25, 0.3) is 0 Å². The van der Waals surface area contributed by atoms with Crippen molar-refractivity contribution >= 4 is 11.6 Å². The zero-order chi connectivity index (χ0) is 17.9. The van der Waals surface area contributed by atoms with Crippen LogP contribution in [0.2, 0.25) is 0 Å². The van der Waals surface area contributed by atoms with E-state index in [1.807, 2.05) is 30.3 Å². The van der Waals surface area contributed by atoms with Gasteiger partial charge in [0, 0.05) is 19.1 Å². The molecule has 0 unspecified atom stereocenters. The Balaban J connectivity index is 1.43. The topological polar surface area (TPSA) is 58.9 Å². The van der Waals surface area contributed by atoms with Crippen LogP contribution in [0.3, 0.4) is 0 Å². The van der Waals surface area contributed by atoms with Gasteiger partial charge in [-0.1, -0.05) is 34.9 Å². The van der Waals surface area contributed by atoms with Crippen LogP contribution in [-0.4, -0.2) is 39.3 Å². The van der Waals surface area contributed by atoms with Gasteiger partial charge in [0.15, 0.2) is 0 Å². The minimum absolute atomic E-state index is 0.210. The molecule has 1 fully saturated rings. The summed E-state index contributed by atoms with van der Waals surface area (Å²) in [4.78, 5) is 2.18. The van der Waals surface area contributed by atoms with Crippen molar-refractivity contribution in [2.75, 3.05) is 23.3 Å². The van der Waals surface area contributed by atoms with Crippen molar-refractivity contribution in [3.05, 3.63) is 59.9 Å². The molecule has 4 rings (SSSR count). The highest BCUT2D eigenvalue weighted by Gasteiger charge is 2.24. The molecule has 0 saturated carbocycles. The van der Waals surface area contributed by atoms with E-state index in [4.69, 9.17) is 0 Å². The lowest BCUT2D eigenvalue weighted by Crippen LogP contribution is -2.40. The number of anilines is 2. The van der Waals surface area contributed by atoms with E-state index < -0.39 is 0 Å². The summed E-state index contributed by atoms with van der Waals surface area (Å²) in [6.07, 6.45) is 1.80. The van der Waals surface area contributed by atoms with E-state index in [9.17, 15) is 4.39 Å². The van der Waals surface area contributed by atoms with Crippen molar-refractivity contribution in [3.8, 4) is 5.69 Å². The second-order valence-corrected chi connectivity index (χ2v) is 6.61. The molecule has 1 saturated heterocycles. The van der Waals surface area contributed by atoms with E-state index >= 15 is 0 Å². The summed E-state index contributed by atoms with van der Waals surface area (Å²) in [6.45, 7) is 3.69. The van der Waals surface area contributed by atoms with Crippen LogP contribution in [-0.2, 0) is 0 Å². The Morgan fingerprint density at radius 2 is 1.77 bits per heavy atom. The summed E-state index contributed by atoms with van der Waals surface area (Å²) in [5, 5.41) is 15.5. The molecule has 134 valence electrons. The predicted octanol–water partition coefficient (Wildman–Crippen LogP) is 3.19. The van der Waals surface area contributed by atoms with Crippen molar-refractivity contribution < 1.29 is 4.39 Å². The summed E-state index contributed by atoms with van der Waals surface area (Å²) in [7, 11) is 0. The Hall–Kier alpha value is -2.96. The second kappa shape index (κ2) is 7.11. The Labute approximate surface area is 151 Å². The molecule has 1 N–H and O–H groups in total. The van der Waals surface area contributed by atoms with Gasteiger partial charge in [0.05, 0.1) is 11.4 Å². The molecule has 7 heteroatoms.